The second-order valence-electron chi connectivity index (χ2n) is 3.46. The van der Waals surface area contributed by atoms with E-state index in [4.69, 9.17) is 0 Å². The Balaban J connectivity index is 2.49. The maximum Gasteiger partial charge on any atom is 0.246 e. The number of carbonyl (C=O) groups excluding carboxylic acids is 2. The smallest absolute Gasteiger partial charge is 0.246 e. The number of hydrogen-bond acceptors (Lipinski definition) is 3. The summed E-state index contributed by atoms with van der Waals surface area (Å²) in [5.74, 6) is -0.117. The number of benzene rings is 1. The van der Waals surface area contributed by atoms with Gasteiger partial charge in [-0.3, -0.25) is 9.59 Å². The summed E-state index contributed by atoms with van der Waals surface area (Å²) < 4.78 is 4.69. The molecule has 16 heavy (non-hydrogen) atoms. The summed E-state index contributed by atoms with van der Waals surface area (Å²) in [6.45, 7) is 2.03. The minimum atomic E-state index is -0.154. The first-order chi connectivity index (χ1) is 7.63. The van der Waals surface area contributed by atoms with Gasteiger partial charge in [0.25, 0.3) is 0 Å². The molecule has 1 aromatic carbocycles. The van der Waals surface area contributed by atoms with Gasteiger partial charge in [-0.05, 0) is 12.5 Å². The van der Waals surface area contributed by atoms with Crippen molar-refractivity contribution >= 4 is 11.7 Å². The van der Waals surface area contributed by atoms with Crippen LogP contribution >= 0.6 is 0 Å². The lowest BCUT2D eigenvalue weighted by Crippen LogP contribution is -2.26. The molecule has 0 atom stereocenters. The largest absolute Gasteiger partial charge is 0.375 e. The number of amides is 1. The van der Waals surface area contributed by atoms with Crippen LogP contribution in [-0.4, -0.2) is 25.4 Å². The van der Waals surface area contributed by atoms with E-state index in [0.717, 1.165) is 5.56 Å². The van der Waals surface area contributed by atoms with Crippen LogP contribution in [0.5, 0.6) is 0 Å². The van der Waals surface area contributed by atoms with Gasteiger partial charge < -0.3 is 10.1 Å². The lowest BCUT2D eigenvalue weighted by Gasteiger charge is -2.05. The summed E-state index contributed by atoms with van der Waals surface area (Å²) in [6.07, 6.45) is 0. The fourth-order valence-corrected chi connectivity index (χ4v) is 1.24. The van der Waals surface area contributed by atoms with Crippen LogP contribution in [0.2, 0.25) is 0 Å². The van der Waals surface area contributed by atoms with E-state index >= 15 is 0 Å². The average Bonchev–Trinajstić information content (AvgIpc) is 2.27. The van der Waals surface area contributed by atoms with Crippen LogP contribution in [0.1, 0.15) is 22.8 Å². The Kier molecular flexibility index (Phi) is 4.66. The normalized spacial score (nSPS) is 9.88. The molecule has 1 amide bonds. The monoisotopic (exact) mass is 221 g/mol. The molecule has 0 aliphatic carbocycles. The number of Topliss-reactive ketones (excluding diaryl/α,β-unsaturated/α-hetero) is 1. The van der Waals surface area contributed by atoms with Crippen LogP contribution in [0.3, 0.4) is 0 Å². The van der Waals surface area contributed by atoms with Crippen molar-refractivity contribution in [3.8, 4) is 0 Å². The molecule has 0 aliphatic rings. The summed E-state index contributed by atoms with van der Waals surface area (Å²) in [4.78, 5) is 22.1. The summed E-state index contributed by atoms with van der Waals surface area (Å²) in [6, 6.07) is 7.15. The zero-order valence-corrected chi connectivity index (χ0v) is 9.45. The fraction of sp³-hybridized carbons (Fsp3) is 0.333. The number of rotatable bonds is 5. The molecule has 4 heteroatoms. The lowest BCUT2D eigenvalue weighted by atomic mass is 10.1. The van der Waals surface area contributed by atoms with Gasteiger partial charge in [-0.25, -0.2) is 0 Å². The van der Waals surface area contributed by atoms with E-state index in [-0.39, 0.29) is 18.3 Å². The number of nitrogens with one attached hydrogen (secondary N) is 1. The Morgan fingerprint density at radius 3 is 2.38 bits per heavy atom. The molecule has 1 rings (SSSR count). The first-order valence-corrected chi connectivity index (χ1v) is 4.99. The molecule has 0 spiro atoms. The molecule has 0 saturated heterocycles. The van der Waals surface area contributed by atoms with Crippen LogP contribution < -0.4 is 5.32 Å². The standard InChI is InChI=1S/C12H15NO3/c1-9(14)11-5-3-10(4-6-11)7-13-12(15)8-16-2/h3-6H,7-8H2,1-2H3,(H,13,15). The number of ether oxygens (including phenoxy) is 1. The second-order valence-corrected chi connectivity index (χ2v) is 3.46. The summed E-state index contributed by atoms with van der Waals surface area (Å²) in [5, 5.41) is 2.70. The van der Waals surface area contributed by atoms with E-state index in [9.17, 15) is 9.59 Å². The van der Waals surface area contributed by atoms with Gasteiger partial charge >= 0.3 is 0 Å². The molecular weight excluding hydrogens is 206 g/mol. The van der Waals surface area contributed by atoms with Gasteiger partial charge in [-0.15, -0.1) is 0 Å². The molecule has 0 aromatic heterocycles. The minimum Gasteiger partial charge on any atom is -0.375 e. The van der Waals surface area contributed by atoms with Crippen molar-refractivity contribution in [3.63, 3.8) is 0 Å². The average molecular weight is 221 g/mol. The maximum absolute atomic E-state index is 11.1. The van der Waals surface area contributed by atoms with Gasteiger partial charge in [0, 0.05) is 19.2 Å². The molecule has 0 aliphatic heterocycles. The Morgan fingerprint density at radius 1 is 1.25 bits per heavy atom. The Bertz CT molecular complexity index is 370. The van der Waals surface area contributed by atoms with Crippen LogP contribution in [-0.2, 0) is 16.1 Å². The summed E-state index contributed by atoms with van der Waals surface area (Å²) in [7, 11) is 1.47. The van der Waals surface area contributed by atoms with Crippen molar-refractivity contribution in [2.45, 2.75) is 13.5 Å². The van der Waals surface area contributed by atoms with Gasteiger partial charge in [-0.1, -0.05) is 24.3 Å². The number of methoxy groups -OCH3 is 1. The molecule has 0 radical (unpaired) electrons. The zero-order valence-electron chi connectivity index (χ0n) is 9.45. The summed E-state index contributed by atoms with van der Waals surface area (Å²) in [5.41, 5.74) is 1.63. The predicted octanol–water partition coefficient (Wildman–Crippen LogP) is 1.15. The van der Waals surface area contributed by atoms with E-state index in [1.807, 2.05) is 12.1 Å². The second kappa shape index (κ2) is 6.02. The van der Waals surface area contributed by atoms with Crippen molar-refractivity contribution in [3.05, 3.63) is 35.4 Å². The van der Waals surface area contributed by atoms with E-state index in [1.165, 1.54) is 14.0 Å². The number of ketones is 1. The van der Waals surface area contributed by atoms with Crippen LogP contribution in [0.15, 0.2) is 24.3 Å². The predicted molar refractivity (Wildman–Crippen MR) is 60.2 cm³/mol. The van der Waals surface area contributed by atoms with Crippen molar-refractivity contribution in [2.75, 3.05) is 13.7 Å². The van der Waals surface area contributed by atoms with Gasteiger partial charge in [0.1, 0.15) is 6.61 Å². The van der Waals surface area contributed by atoms with Crippen LogP contribution in [0.25, 0.3) is 0 Å². The minimum absolute atomic E-state index is 0.0370. The Labute approximate surface area is 94.6 Å². The molecular formula is C12H15NO3. The third-order valence-corrected chi connectivity index (χ3v) is 2.13. The maximum atomic E-state index is 11.1. The van der Waals surface area contributed by atoms with Crippen molar-refractivity contribution in [2.24, 2.45) is 0 Å². The van der Waals surface area contributed by atoms with E-state index < -0.39 is 0 Å². The lowest BCUT2D eigenvalue weighted by molar-refractivity contribution is -0.124. The van der Waals surface area contributed by atoms with Crippen molar-refractivity contribution in [1.82, 2.24) is 5.32 Å². The number of carbonyl (C=O) groups is 2. The highest BCUT2D eigenvalue weighted by atomic mass is 16.5. The van der Waals surface area contributed by atoms with Crippen LogP contribution in [0.4, 0.5) is 0 Å². The van der Waals surface area contributed by atoms with E-state index in [0.29, 0.717) is 12.1 Å². The van der Waals surface area contributed by atoms with E-state index in [2.05, 4.69) is 10.1 Å². The van der Waals surface area contributed by atoms with Crippen molar-refractivity contribution < 1.29 is 14.3 Å². The fourth-order valence-electron chi connectivity index (χ4n) is 1.24. The molecule has 4 nitrogen and oxygen atoms in total. The Hall–Kier alpha value is -1.68. The highest BCUT2D eigenvalue weighted by Crippen LogP contribution is 2.04. The molecule has 0 heterocycles. The highest BCUT2D eigenvalue weighted by Gasteiger charge is 2.01. The third kappa shape index (κ3) is 3.82. The molecule has 0 saturated carbocycles. The quantitative estimate of drug-likeness (QED) is 0.759. The van der Waals surface area contributed by atoms with Gasteiger partial charge in [0.15, 0.2) is 5.78 Å². The third-order valence-electron chi connectivity index (χ3n) is 2.13. The van der Waals surface area contributed by atoms with Gasteiger partial charge in [0.2, 0.25) is 5.91 Å². The topological polar surface area (TPSA) is 55.4 Å². The molecule has 86 valence electrons. The molecule has 1 N–H and O–H groups in total. The molecule has 0 unspecified atom stereocenters. The molecule has 0 fully saturated rings. The summed E-state index contributed by atoms with van der Waals surface area (Å²) >= 11 is 0. The Morgan fingerprint density at radius 2 is 1.88 bits per heavy atom. The first-order valence-electron chi connectivity index (χ1n) is 4.99. The highest BCUT2D eigenvalue weighted by molar-refractivity contribution is 5.94. The number of hydrogen-bond donors (Lipinski definition) is 1. The van der Waals surface area contributed by atoms with Crippen molar-refractivity contribution in [1.29, 1.82) is 0 Å². The molecule has 0 bridgehead atoms. The van der Waals surface area contributed by atoms with Crippen LogP contribution in [0, 0.1) is 0 Å². The molecule has 1 aromatic rings. The zero-order chi connectivity index (χ0) is 12.0. The van der Waals surface area contributed by atoms with Gasteiger partial charge in [0.05, 0.1) is 0 Å². The van der Waals surface area contributed by atoms with E-state index in [1.54, 1.807) is 12.1 Å². The van der Waals surface area contributed by atoms with Gasteiger partial charge in [-0.2, -0.15) is 0 Å². The first kappa shape index (κ1) is 12.4. The SMILES string of the molecule is COCC(=O)NCc1ccc(C(C)=O)cc1.